The van der Waals surface area contributed by atoms with Gasteiger partial charge in [-0.25, -0.2) is 0 Å². The van der Waals surface area contributed by atoms with Crippen LogP contribution in [0.2, 0.25) is 0 Å². The van der Waals surface area contributed by atoms with E-state index in [0.29, 0.717) is 5.41 Å². The van der Waals surface area contributed by atoms with Gasteiger partial charge in [0.25, 0.3) is 0 Å². The second-order valence-electron chi connectivity index (χ2n) is 4.01. The van der Waals surface area contributed by atoms with Crippen molar-refractivity contribution in [2.45, 2.75) is 12.8 Å². The molecule has 2 saturated heterocycles. The highest BCUT2D eigenvalue weighted by atomic mass is 16.5. The standard InChI is InChI=1S/C10H15NO2/c1-2-9(12)11-7-10(8-11)3-5-13-6-4-10/h2H,1,3-8H2. The van der Waals surface area contributed by atoms with Crippen molar-refractivity contribution in [1.82, 2.24) is 4.90 Å². The van der Waals surface area contributed by atoms with Crippen molar-refractivity contribution >= 4 is 5.91 Å². The summed E-state index contributed by atoms with van der Waals surface area (Å²) in [6.45, 7) is 7.00. The van der Waals surface area contributed by atoms with Crippen molar-refractivity contribution < 1.29 is 9.53 Å². The molecule has 0 aromatic heterocycles. The molecule has 0 aromatic carbocycles. The molecule has 2 rings (SSSR count). The summed E-state index contributed by atoms with van der Waals surface area (Å²) in [6.07, 6.45) is 3.61. The van der Waals surface area contributed by atoms with Crippen LogP contribution in [0.1, 0.15) is 12.8 Å². The highest BCUT2D eigenvalue weighted by Gasteiger charge is 2.44. The molecule has 3 nitrogen and oxygen atoms in total. The van der Waals surface area contributed by atoms with E-state index in [1.807, 2.05) is 4.90 Å². The second kappa shape index (κ2) is 3.14. The van der Waals surface area contributed by atoms with Gasteiger partial charge in [0.1, 0.15) is 0 Å². The monoisotopic (exact) mass is 181 g/mol. The van der Waals surface area contributed by atoms with Gasteiger partial charge in [-0.3, -0.25) is 4.79 Å². The van der Waals surface area contributed by atoms with E-state index in [0.717, 1.165) is 39.1 Å². The maximum absolute atomic E-state index is 11.2. The Bertz CT molecular complexity index is 223. The first-order chi connectivity index (χ1) is 6.26. The lowest BCUT2D eigenvalue weighted by molar-refractivity contribution is -0.144. The van der Waals surface area contributed by atoms with Crippen LogP contribution in [0.15, 0.2) is 12.7 Å². The lowest BCUT2D eigenvalue weighted by Crippen LogP contribution is -2.59. The van der Waals surface area contributed by atoms with E-state index in [2.05, 4.69) is 6.58 Å². The average molecular weight is 181 g/mol. The van der Waals surface area contributed by atoms with Gasteiger partial charge in [-0.2, -0.15) is 0 Å². The van der Waals surface area contributed by atoms with E-state index in [1.54, 1.807) is 0 Å². The molecular weight excluding hydrogens is 166 g/mol. The summed E-state index contributed by atoms with van der Waals surface area (Å²) in [5, 5.41) is 0. The van der Waals surface area contributed by atoms with Crippen LogP contribution < -0.4 is 0 Å². The van der Waals surface area contributed by atoms with Crippen LogP contribution in [-0.2, 0) is 9.53 Å². The van der Waals surface area contributed by atoms with Crippen molar-refractivity contribution in [1.29, 1.82) is 0 Å². The molecule has 0 bridgehead atoms. The van der Waals surface area contributed by atoms with Crippen molar-refractivity contribution in [3.63, 3.8) is 0 Å². The molecule has 0 radical (unpaired) electrons. The van der Waals surface area contributed by atoms with Gasteiger partial charge >= 0.3 is 0 Å². The van der Waals surface area contributed by atoms with Crippen molar-refractivity contribution in [2.24, 2.45) is 5.41 Å². The Morgan fingerprint density at radius 2 is 2.00 bits per heavy atom. The quantitative estimate of drug-likeness (QED) is 0.560. The number of rotatable bonds is 1. The summed E-state index contributed by atoms with van der Waals surface area (Å²) < 4.78 is 5.30. The summed E-state index contributed by atoms with van der Waals surface area (Å²) in [5.74, 6) is 0.0668. The molecular formula is C10H15NO2. The Balaban J connectivity index is 1.88. The highest BCUT2D eigenvalue weighted by molar-refractivity contribution is 5.87. The highest BCUT2D eigenvalue weighted by Crippen LogP contribution is 2.39. The molecule has 2 heterocycles. The van der Waals surface area contributed by atoms with E-state index in [4.69, 9.17) is 4.74 Å². The molecule has 0 unspecified atom stereocenters. The van der Waals surface area contributed by atoms with Gasteiger partial charge in [0, 0.05) is 31.7 Å². The maximum Gasteiger partial charge on any atom is 0.245 e. The molecule has 2 aliphatic heterocycles. The number of hydrogen-bond donors (Lipinski definition) is 0. The number of hydrogen-bond acceptors (Lipinski definition) is 2. The topological polar surface area (TPSA) is 29.5 Å². The lowest BCUT2D eigenvalue weighted by atomic mass is 9.73. The van der Waals surface area contributed by atoms with Crippen molar-refractivity contribution in [3.8, 4) is 0 Å². The zero-order valence-corrected chi connectivity index (χ0v) is 7.79. The second-order valence-corrected chi connectivity index (χ2v) is 4.01. The third kappa shape index (κ3) is 1.48. The molecule has 2 fully saturated rings. The summed E-state index contributed by atoms with van der Waals surface area (Å²) in [5.41, 5.74) is 0.386. The Labute approximate surface area is 78.4 Å². The third-order valence-electron chi connectivity index (χ3n) is 3.09. The van der Waals surface area contributed by atoms with Crippen LogP contribution in [0, 0.1) is 5.41 Å². The molecule has 3 heteroatoms. The van der Waals surface area contributed by atoms with Crippen LogP contribution >= 0.6 is 0 Å². The Morgan fingerprint density at radius 3 is 2.54 bits per heavy atom. The van der Waals surface area contributed by atoms with Gasteiger partial charge in [-0.15, -0.1) is 0 Å². The number of carbonyl (C=O) groups is 1. The predicted octanol–water partition coefficient (Wildman–Crippen LogP) is 0.811. The van der Waals surface area contributed by atoms with Gasteiger partial charge in [-0.1, -0.05) is 6.58 Å². The molecule has 0 aliphatic carbocycles. The number of carbonyl (C=O) groups excluding carboxylic acids is 1. The van der Waals surface area contributed by atoms with Crippen LogP contribution in [0.3, 0.4) is 0 Å². The molecule has 0 aromatic rings. The van der Waals surface area contributed by atoms with E-state index >= 15 is 0 Å². The SMILES string of the molecule is C=CC(=O)N1CC2(CCOCC2)C1. The van der Waals surface area contributed by atoms with Gasteiger partial charge in [-0.05, 0) is 18.9 Å². The predicted molar refractivity (Wildman–Crippen MR) is 49.3 cm³/mol. The fraction of sp³-hybridized carbons (Fsp3) is 0.700. The molecule has 13 heavy (non-hydrogen) atoms. The summed E-state index contributed by atoms with van der Waals surface area (Å²) in [7, 11) is 0. The molecule has 0 atom stereocenters. The smallest absolute Gasteiger partial charge is 0.245 e. The van der Waals surface area contributed by atoms with Crippen molar-refractivity contribution in [3.05, 3.63) is 12.7 Å². The Morgan fingerprint density at radius 1 is 1.38 bits per heavy atom. The summed E-state index contributed by atoms with van der Waals surface area (Å²) >= 11 is 0. The third-order valence-corrected chi connectivity index (χ3v) is 3.09. The van der Waals surface area contributed by atoms with Gasteiger partial charge in [0.15, 0.2) is 0 Å². The minimum absolute atomic E-state index is 0.0668. The van der Waals surface area contributed by atoms with Crippen molar-refractivity contribution in [2.75, 3.05) is 26.3 Å². The Kier molecular flexibility index (Phi) is 2.12. The zero-order chi connectivity index (χ0) is 9.31. The van der Waals surface area contributed by atoms with Crippen LogP contribution in [-0.4, -0.2) is 37.1 Å². The van der Waals surface area contributed by atoms with E-state index in [1.165, 1.54) is 6.08 Å². The minimum atomic E-state index is 0.0668. The number of nitrogens with zero attached hydrogens (tertiary/aromatic N) is 1. The summed E-state index contributed by atoms with van der Waals surface area (Å²) in [6, 6.07) is 0. The van der Waals surface area contributed by atoms with E-state index < -0.39 is 0 Å². The first-order valence-electron chi connectivity index (χ1n) is 4.75. The number of ether oxygens (including phenoxy) is 1. The number of likely N-dealkylation sites (tertiary alicyclic amines) is 1. The normalized spacial score (nSPS) is 25.4. The van der Waals surface area contributed by atoms with E-state index in [9.17, 15) is 4.79 Å². The van der Waals surface area contributed by atoms with Gasteiger partial charge < -0.3 is 9.64 Å². The number of amides is 1. The van der Waals surface area contributed by atoms with Gasteiger partial charge in [0.05, 0.1) is 0 Å². The van der Waals surface area contributed by atoms with Crippen LogP contribution in [0.25, 0.3) is 0 Å². The molecule has 0 N–H and O–H groups in total. The molecule has 72 valence electrons. The van der Waals surface area contributed by atoms with Crippen LogP contribution in [0.5, 0.6) is 0 Å². The molecule has 1 spiro atoms. The fourth-order valence-corrected chi connectivity index (χ4v) is 2.17. The average Bonchev–Trinajstić information content (AvgIpc) is 2.14. The molecule has 0 saturated carbocycles. The van der Waals surface area contributed by atoms with Gasteiger partial charge in [0.2, 0.25) is 5.91 Å². The first-order valence-corrected chi connectivity index (χ1v) is 4.75. The minimum Gasteiger partial charge on any atom is -0.381 e. The largest absolute Gasteiger partial charge is 0.381 e. The molecule has 1 amide bonds. The first kappa shape index (κ1) is 8.75. The van der Waals surface area contributed by atoms with E-state index in [-0.39, 0.29) is 5.91 Å². The maximum atomic E-state index is 11.2. The van der Waals surface area contributed by atoms with Crippen LogP contribution in [0.4, 0.5) is 0 Å². The molecule has 2 aliphatic rings. The lowest BCUT2D eigenvalue weighted by Gasteiger charge is -2.51. The summed E-state index contributed by atoms with van der Waals surface area (Å²) in [4.78, 5) is 13.1. The fourth-order valence-electron chi connectivity index (χ4n) is 2.17. The Hall–Kier alpha value is -0.830. The zero-order valence-electron chi connectivity index (χ0n) is 7.79.